The summed E-state index contributed by atoms with van der Waals surface area (Å²) in [5.41, 5.74) is 2.76. The van der Waals surface area contributed by atoms with Gasteiger partial charge in [0.15, 0.2) is 0 Å². The molecule has 0 aromatic heterocycles. The molecule has 0 spiro atoms. The van der Waals surface area contributed by atoms with Crippen LogP contribution < -0.4 is 5.32 Å². The van der Waals surface area contributed by atoms with Crippen LogP contribution in [-0.2, 0) is 6.54 Å². The molecule has 1 atom stereocenters. The lowest BCUT2D eigenvalue weighted by Gasteiger charge is -2.18. The van der Waals surface area contributed by atoms with Crippen LogP contribution in [0.4, 0.5) is 0 Å². The number of hydrogen-bond donors (Lipinski definition) is 1. The van der Waals surface area contributed by atoms with Crippen molar-refractivity contribution in [1.82, 2.24) is 10.2 Å². The highest BCUT2D eigenvalue weighted by atomic mass is 15.1. The molecular weight excluding hydrogens is 220 g/mol. The Labute approximate surface area is 112 Å². The van der Waals surface area contributed by atoms with Crippen molar-refractivity contribution >= 4 is 0 Å². The van der Waals surface area contributed by atoms with E-state index in [0.717, 1.165) is 13.1 Å². The lowest BCUT2D eigenvalue weighted by molar-refractivity contribution is 0.311. The van der Waals surface area contributed by atoms with E-state index >= 15 is 0 Å². The minimum atomic E-state index is 0.641. The molecule has 0 aliphatic heterocycles. The van der Waals surface area contributed by atoms with Crippen LogP contribution in [0.15, 0.2) is 24.3 Å². The maximum atomic E-state index is 3.46. The van der Waals surface area contributed by atoms with Gasteiger partial charge in [0.2, 0.25) is 0 Å². The molecule has 2 heteroatoms. The highest BCUT2D eigenvalue weighted by Gasteiger charge is 2.03. The number of nitrogens with zero attached hydrogens (tertiary/aromatic N) is 1. The van der Waals surface area contributed by atoms with Crippen LogP contribution in [0, 0.1) is 6.92 Å². The van der Waals surface area contributed by atoms with E-state index in [1.807, 2.05) is 0 Å². The van der Waals surface area contributed by atoms with Gasteiger partial charge in [0.1, 0.15) is 0 Å². The number of rotatable bonds is 8. The van der Waals surface area contributed by atoms with Crippen molar-refractivity contribution in [2.75, 3.05) is 20.1 Å². The maximum absolute atomic E-state index is 3.46. The van der Waals surface area contributed by atoms with Crippen molar-refractivity contribution in [3.05, 3.63) is 35.4 Å². The van der Waals surface area contributed by atoms with Crippen LogP contribution in [0.5, 0.6) is 0 Å². The summed E-state index contributed by atoms with van der Waals surface area (Å²) in [6, 6.07) is 9.43. The predicted molar refractivity (Wildman–Crippen MR) is 79.9 cm³/mol. The van der Waals surface area contributed by atoms with E-state index in [4.69, 9.17) is 0 Å². The zero-order chi connectivity index (χ0) is 13.4. The molecule has 0 aliphatic rings. The highest BCUT2D eigenvalue weighted by Crippen LogP contribution is 2.07. The van der Waals surface area contributed by atoms with Gasteiger partial charge < -0.3 is 10.2 Å². The van der Waals surface area contributed by atoms with Gasteiger partial charge >= 0.3 is 0 Å². The molecule has 0 aliphatic carbocycles. The van der Waals surface area contributed by atoms with Gasteiger partial charge in [-0.1, -0.05) is 36.8 Å². The largest absolute Gasteiger partial charge is 0.315 e. The molecule has 2 nitrogen and oxygen atoms in total. The molecule has 0 saturated carbocycles. The minimum Gasteiger partial charge on any atom is -0.315 e. The van der Waals surface area contributed by atoms with Crippen molar-refractivity contribution < 1.29 is 0 Å². The Hall–Kier alpha value is -0.860. The number of hydrogen-bond acceptors (Lipinski definition) is 2. The van der Waals surface area contributed by atoms with E-state index in [1.165, 1.54) is 30.5 Å². The van der Waals surface area contributed by atoms with Crippen molar-refractivity contribution in [2.45, 2.75) is 46.2 Å². The number of nitrogens with one attached hydrogen (secondary N) is 1. The second kappa shape index (κ2) is 8.28. The Morgan fingerprint density at radius 3 is 2.78 bits per heavy atom. The zero-order valence-corrected chi connectivity index (χ0v) is 12.4. The highest BCUT2D eigenvalue weighted by molar-refractivity contribution is 5.21. The van der Waals surface area contributed by atoms with E-state index in [2.05, 4.69) is 62.3 Å². The molecule has 1 aromatic rings. The van der Waals surface area contributed by atoms with Crippen LogP contribution in [0.25, 0.3) is 0 Å². The molecule has 0 heterocycles. The fourth-order valence-corrected chi connectivity index (χ4v) is 2.32. The lowest BCUT2D eigenvalue weighted by Crippen LogP contribution is -2.27. The summed E-state index contributed by atoms with van der Waals surface area (Å²) in [7, 11) is 2.21. The quantitative estimate of drug-likeness (QED) is 0.760. The van der Waals surface area contributed by atoms with Gasteiger partial charge in [0.25, 0.3) is 0 Å². The van der Waals surface area contributed by atoms with Gasteiger partial charge in [-0.2, -0.15) is 0 Å². The van der Waals surface area contributed by atoms with Gasteiger partial charge in [0, 0.05) is 12.6 Å². The average Bonchev–Trinajstić information content (AvgIpc) is 2.29. The van der Waals surface area contributed by atoms with Crippen molar-refractivity contribution in [3.8, 4) is 0 Å². The summed E-state index contributed by atoms with van der Waals surface area (Å²) in [4.78, 5) is 2.41. The average molecular weight is 248 g/mol. The SMILES string of the molecule is CCNC(C)CCCN(C)Cc1cccc(C)c1. The topological polar surface area (TPSA) is 15.3 Å². The molecule has 1 N–H and O–H groups in total. The molecule has 0 radical (unpaired) electrons. The van der Waals surface area contributed by atoms with E-state index in [9.17, 15) is 0 Å². The first-order valence-electron chi connectivity index (χ1n) is 7.09. The number of aryl methyl sites for hydroxylation is 1. The summed E-state index contributed by atoms with van der Waals surface area (Å²) < 4.78 is 0. The van der Waals surface area contributed by atoms with Gasteiger partial charge in [-0.15, -0.1) is 0 Å². The molecule has 18 heavy (non-hydrogen) atoms. The molecule has 1 rings (SSSR count). The van der Waals surface area contributed by atoms with E-state index in [1.54, 1.807) is 0 Å². The van der Waals surface area contributed by atoms with Crippen molar-refractivity contribution in [1.29, 1.82) is 0 Å². The second-order valence-electron chi connectivity index (χ2n) is 5.33. The monoisotopic (exact) mass is 248 g/mol. The first kappa shape index (κ1) is 15.2. The molecule has 0 bridgehead atoms. The Kier molecular flexibility index (Phi) is 6.99. The summed E-state index contributed by atoms with van der Waals surface area (Å²) >= 11 is 0. The first-order valence-corrected chi connectivity index (χ1v) is 7.09. The van der Waals surface area contributed by atoms with Crippen LogP contribution >= 0.6 is 0 Å². The summed E-state index contributed by atoms with van der Waals surface area (Å²) in [5.74, 6) is 0. The van der Waals surface area contributed by atoms with Gasteiger partial charge in [-0.3, -0.25) is 0 Å². The summed E-state index contributed by atoms with van der Waals surface area (Å²) in [6.45, 7) is 9.88. The van der Waals surface area contributed by atoms with Gasteiger partial charge in [-0.05, 0) is 52.4 Å². The minimum absolute atomic E-state index is 0.641. The zero-order valence-electron chi connectivity index (χ0n) is 12.4. The summed E-state index contributed by atoms with van der Waals surface area (Å²) in [6.07, 6.45) is 2.52. The third-order valence-corrected chi connectivity index (χ3v) is 3.26. The molecule has 1 unspecified atom stereocenters. The number of benzene rings is 1. The van der Waals surface area contributed by atoms with E-state index < -0.39 is 0 Å². The normalized spacial score (nSPS) is 12.9. The Morgan fingerprint density at radius 1 is 1.33 bits per heavy atom. The fraction of sp³-hybridized carbons (Fsp3) is 0.625. The molecular formula is C16H28N2. The van der Waals surface area contributed by atoms with Gasteiger partial charge in [0.05, 0.1) is 0 Å². The van der Waals surface area contributed by atoms with Crippen LogP contribution in [0.2, 0.25) is 0 Å². The third-order valence-electron chi connectivity index (χ3n) is 3.26. The Balaban J connectivity index is 2.23. The summed E-state index contributed by atoms with van der Waals surface area (Å²) in [5, 5.41) is 3.46. The molecule has 0 amide bonds. The second-order valence-corrected chi connectivity index (χ2v) is 5.33. The maximum Gasteiger partial charge on any atom is 0.0230 e. The van der Waals surface area contributed by atoms with Crippen LogP contribution in [0.1, 0.15) is 37.8 Å². The smallest absolute Gasteiger partial charge is 0.0230 e. The Bertz CT molecular complexity index is 336. The van der Waals surface area contributed by atoms with Crippen molar-refractivity contribution in [3.63, 3.8) is 0 Å². The van der Waals surface area contributed by atoms with E-state index in [0.29, 0.717) is 6.04 Å². The molecule has 0 fully saturated rings. The standard InChI is InChI=1S/C16H28N2/c1-5-17-15(3)9-7-11-18(4)13-16-10-6-8-14(2)12-16/h6,8,10,12,15,17H,5,7,9,11,13H2,1-4H3. The molecule has 102 valence electrons. The lowest BCUT2D eigenvalue weighted by atomic mass is 10.1. The Morgan fingerprint density at radius 2 is 2.11 bits per heavy atom. The van der Waals surface area contributed by atoms with E-state index in [-0.39, 0.29) is 0 Å². The molecule has 0 saturated heterocycles. The van der Waals surface area contributed by atoms with Crippen LogP contribution in [-0.4, -0.2) is 31.1 Å². The molecule has 1 aromatic carbocycles. The first-order chi connectivity index (χ1) is 8.61. The van der Waals surface area contributed by atoms with Gasteiger partial charge in [-0.25, -0.2) is 0 Å². The predicted octanol–water partition coefficient (Wildman–Crippen LogP) is 3.21. The third kappa shape index (κ3) is 6.18. The van der Waals surface area contributed by atoms with Crippen molar-refractivity contribution in [2.24, 2.45) is 0 Å². The fourth-order valence-electron chi connectivity index (χ4n) is 2.32. The van der Waals surface area contributed by atoms with Crippen LogP contribution in [0.3, 0.4) is 0 Å².